The second-order valence-electron chi connectivity index (χ2n) is 6.89. The third-order valence-corrected chi connectivity index (χ3v) is 5.85. The molecule has 1 aliphatic heterocycles. The van der Waals surface area contributed by atoms with Crippen LogP contribution in [0.1, 0.15) is 17.2 Å². The number of aromatic nitrogens is 2. The first kappa shape index (κ1) is 23.6. The van der Waals surface area contributed by atoms with Gasteiger partial charge < -0.3 is 15.0 Å². The second-order valence-corrected chi connectivity index (χ2v) is 8.91. The van der Waals surface area contributed by atoms with Crippen LogP contribution in [0.3, 0.4) is 0 Å². The van der Waals surface area contributed by atoms with E-state index in [0.29, 0.717) is 24.6 Å². The Bertz CT molecular complexity index is 928. The molecule has 0 bridgehead atoms. The summed E-state index contributed by atoms with van der Waals surface area (Å²) in [5.41, 5.74) is 2.14. The van der Waals surface area contributed by atoms with Crippen molar-refractivity contribution in [3.63, 3.8) is 0 Å². The molecule has 10 heteroatoms. The second kappa shape index (κ2) is 10.4. The van der Waals surface area contributed by atoms with Crippen molar-refractivity contribution in [1.82, 2.24) is 20.0 Å². The van der Waals surface area contributed by atoms with E-state index in [1.54, 1.807) is 23.9 Å². The summed E-state index contributed by atoms with van der Waals surface area (Å²) < 4.78 is 30.8. The van der Waals surface area contributed by atoms with Crippen LogP contribution in [0.2, 0.25) is 0 Å². The van der Waals surface area contributed by atoms with Crippen molar-refractivity contribution in [2.75, 3.05) is 39.5 Å². The predicted octanol–water partition coefficient (Wildman–Crippen LogP) is 1.63. The first-order valence-corrected chi connectivity index (χ1v) is 11.1. The normalized spacial score (nSPS) is 17.7. The van der Waals surface area contributed by atoms with Gasteiger partial charge in [-0.1, -0.05) is 12.1 Å². The van der Waals surface area contributed by atoms with Crippen LogP contribution >= 0.6 is 24.0 Å². The molecule has 29 heavy (non-hydrogen) atoms. The fourth-order valence-corrected chi connectivity index (χ4v) is 3.83. The molecule has 2 aromatic rings. The topological polar surface area (TPSA) is 88.8 Å². The Labute approximate surface area is 189 Å². The number of ether oxygens (including phenoxy) is 1. The van der Waals surface area contributed by atoms with Gasteiger partial charge in [-0.05, 0) is 24.1 Å². The van der Waals surface area contributed by atoms with E-state index in [4.69, 9.17) is 4.74 Å². The number of halogens is 1. The summed E-state index contributed by atoms with van der Waals surface area (Å²) in [7, 11) is 0.514. The number of aliphatic imine (C=N–C) groups is 1. The van der Waals surface area contributed by atoms with Gasteiger partial charge in [-0.2, -0.15) is 5.10 Å². The Morgan fingerprint density at radius 1 is 1.34 bits per heavy atom. The summed E-state index contributed by atoms with van der Waals surface area (Å²) >= 11 is 0. The van der Waals surface area contributed by atoms with Gasteiger partial charge in [0.2, 0.25) is 0 Å². The molecule has 160 valence electrons. The molecular weight excluding hydrogens is 505 g/mol. The number of rotatable bonds is 5. The van der Waals surface area contributed by atoms with Crippen LogP contribution in [0.15, 0.2) is 46.5 Å². The predicted molar refractivity (Wildman–Crippen MR) is 124 cm³/mol. The molecule has 1 aromatic heterocycles. The average Bonchev–Trinajstić information content (AvgIpc) is 3.11. The molecule has 1 aromatic carbocycles. The van der Waals surface area contributed by atoms with Crippen molar-refractivity contribution >= 4 is 39.8 Å². The quantitative estimate of drug-likeness (QED) is 0.357. The van der Waals surface area contributed by atoms with Gasteiger partial charge in [0, 0.05) is 45.2 Å². The smallest absolute Gasteiger partial charge is 0.193 e. The number of hydrogen-bond donors (Lipinski definition) is 1. The molecule has 1 fully saturated rings. The molecule has 0 radical (unpaired) electrons. The number of nitrogens with one attached hydrogen (secondary N) is 1. The first-order chi connectivity index (χ1) is 13.4. The lowest BCUT2D eigenvalue weighted by atomic mass is 10.1. The lowest BCUT2D eigenvalue weighted by Gasteiger charge is -2.34. The molecule has 0 amide bonds. The van der Waals surface area contributed by atoms with Crippen LogP contribution in [-0.4, -0.2) is 68.6 Å². The fraction of sp³-hybridized carbons (Fsp3) is 0.474. The van der Waals surface area contributed by atoms with Gasteiger partial charge in [0.1, 0.15) is 6.10 Å². The molecule has 0 aliphatic carbocycles. The minimum Gasteiger partial charge on any atom is -0.370 e. The van der Waals surface area contributed by atoms with Crippen molar-refractivity contribution in [3.05, 3.63) is 47.8 Å². The van der Waals surface area contributed by atoms with Crippen LogP contribution in [0.5, 0.6) is 0 Å². The molecule has 1 N–H and O–H groups in total. The molecule has 0 saturated carbocycles. The molecule has 1 atom stereocenters. The summed E-state index contributed by atoms with van der Waals surface area (Å²) in [6.45, 7) is 2.83. The number of morpholine rings is 1. The van der Waals surface area contributed by atoms with E-state index >= 15 is 0 Å². The van der Waals surface area contributed by atoms with E-state index in [0.717, 1.165) is 30.1 Å². The maximum absolute atomic E-state index is 11.5. The number of guanidine groups is 1. The Balaban J connectivity index is 0.00000300. The third-order valence-electron chi connectivity index (χ3n) is 4.72. The zero-order valence-corrected chi connectivity index (χ0v) is 20.1. The van der Waals surface area contributed by atoms with E-state index in [2.05, 4.69) is 20.3 Å². The minimum absolute atomic E-state index is 0. The average molecular weight is 533 g/mol. The highest BCUT2D eigenvalue weighted by atomic mass is 127. The van der Waals surface area contributed by atoms with Crippen molar-refractivity contribution in [2.24, 2.45) is 12.0 Å². The van der Waals surface area contributed by atoms with E-state index in [-0.39, 0.29) is 30.1 Å². The van der Waals surface area contributed by atoms with E-state index < -0.39 is 9.84 Å². The highest BCUT2D eigenvalue weighted by Crippen LogP contribution is 2.21. The van der Waals surface area contributed by atoms with E-state index in [1.165, 1.54) is 6.26 Å². The SMILES string of the molecule is CN=C(NCCc1ccc(S(C)(=O)=O)cc1)N1CCOC(c2cnn(C)c2)C1.I. The maximum atomic E-state index is 11.5. The van der Waals surface area contributed by atoms with Gasteiger partial charge >= 0.3 is 0 Å². The van der Waals surface area contributed by atoms with Gasteiger partial charge in [0.25, 0.3) is 0 Å². The number of benzene rings is 1. The standard InChI is InChI=1S/C19H27N5O3S.HI/c1-20-19(21-9-8-15-4-6-17(7-5-15)28(3,25)26)24-10-11-27-18(14-24)16-12-22-23(2)13-16;/h4-7,12-13,18H,8-11,14H2,1-3H3,(H,20,21);1H. The summed E-state index contributed by atoms with van der Waals surface area (Å²) in [5.74, 6) is 0.838. The number of nitrogens with zero attached hydrogens (tertiary/aromatic N) is 4. The van der Waals surface area contributed by atoms with Crippen LogP contribution < -0.4 is 5.32 Å². The van der Waals surface area contributed by atoms with Crippen LogP contribution in [0.4, 0.5) is 0 Å². The zero-order valence-electron chi connectivity index (χ0n) is 16.9. The third kappa shape index (κ3) is 6.41. The molecular formula is C19H28IN5O3S. The van der Waals surface area contributed by atoms with Crippen molar-refractivity contribution in [2.45, 2.75) is 17.4 Å². The minimum atomic E-state index is -3.16. The lowest BCUT2D eigenvalue weighted by Crippen LogP contribution is -2.48. The summed E-state index contributed by atoms with van der Waals surface area (Å²) in [5, 5.41) is 7.61. The Hall–Kier alpha value is -1.66. The monoisotopic (exact) mass is 533 g/mol. The lowest BCUT2D eigenvalue weighted by molar-refractivity contribution is -0.00800. The number of hydrogen-bond acceptors (Lipinski definition) is 5. The molecule has 0 spiro atoms. The van der Waals surface area contributed by atoms with Crippen LogP contribution in [0, 0.1) is 0 Å². The van der Waals surface area contributed by atoms with Crippen LogP contribution in [-0.2, 0) is 28.0 Å². The maximum Gasteiger partial charge on any atom is 0.193 e. The van der Waals surface area contributed by atoms with Gasteiger partial charge in [-0.25, -0.2) is 8.42 Å². The van der Waals surface area contributed by atoms with Gasteiger partial charge in [0.05, 0.1) is 24.2 Å². The van der Waals surface area contributed by atoms with Crippen molar-refractivity contribution < 1.29 is 13.2 Å². The summed E-state index contributed by atoms with van der Waals surface area (Å²) in [6.07, 6.45) is 5.79. The summed E-state index contributed by atoms with van der Waals surface area (Å²) in [4.78, 5) is 6.93. The first-order valence-electron chi connectivity index (χ1n) is 9.21. The molecule has 3 rings (SSSR count). The van der Waals surface area contributed by atoms with Gasteiger partial charge in [0.15, 0.2) is 15.8 Å². The van der Waals surface area contributed by atoms with Gasteiger partial charge in [-0.15, -0.1) is 24.0 Å². The van der Waals surface area contributed by atoms with E-state index in [1.807, 2.05) is 31.6 Å². The molecule has 2 heterocycles. The fourth-order valence-electron chi connectivity index (χ4n) is 3.20. The molecule has 1 aliphatic rings. The highest BCUT2D eigenvalue weighted by molar-refractivity contribution is 14.0. The molecule has 8 nitrogen and oxygen atoms in total. The van der Waals surface area contributed by atoms with Crippen molar-refractivity contribution in [1.29, 1.82) is 0 Å². The number of sulfone groups is 1. The zero-order chi connectivity index (χ0) is 20.1. The van der Waals surface area contributed by atoms with Gasteiger partial charge in [-0.3, -0.25) is 9.67 Å². The Kier molecular flexibility index (Phi) is 8.46. The van der Waals surface area contributed by atoms with Crippen molar-refractivity contribution in [3.8, 4) is 0 Å². The Morgan fingerprint density at radius 3 is 2.66 bits per heavy atom. The Morgan fingerprint density at radius 2 is 2.07 bits per heavy atom. The summed E-state index contributed by atoms with van der Waals surface area (Å²) in [6, 6.07) is 7.02. The van der Waals surface area contributed by atoms with E-state index in [9.17, 15) is 8.42 Å². The molecule has 1 unspecified atom stereocenters. The molecule has 1 saturated heterocycles. The largest absolute Gasteiger partial charge is 0.370 e. The van der Waals surface area contributed by atoms with Crippen LogP contribution in [0.25, 0.3) is 0 Å². The number of aryl methyl sites for hydroxylation is 1. The highest BCUT2D eigenvalue weighted by Gasteiger charge is 2.25.